The molecular weight excluding hydrogens is 391 g/mol. The zero-order valence-corrected chi connectivity index (χ0v) is 15.3. The molecule has 0 saturated heterocycles. The Labute approximate surface area is 163 Å². The van der Waals surface area contributed by atoms with Crippen molar-refractivity contribution in [3.8, 4) is 5.75 Å². The second kappa shape index (κ2) is 8.64. The largest absolute Gasteiger partial charge is 0.573 e. The van der Waals surface area contributed by atoms with Crippen LogP contribution < -0.4 is 15.6 Å². The molecule has 7 nitrogen and oxygen atoms in total. The first-order chi connectivity index (χ1) is 13.7. The fourth-order valence-corrected chi connectivity index (χ4v) is 3.35. The van der Waals surface area contributed by atoms with E-state index in [2.05, 4.69) is 20.0 Å². The van der Waals surface area contributed by atoms with Crippen LogP contribution in [0.2, 0.25) is 0 Å². The molecule has 10 heteroatoms. The Bertz CT molecular complexity index is 906. The highest BCUT2D eigenvalue weighted by molar-refractivity contribution is 5.92. The molecule has 2 aromatic rings. The highest BCUT2D eigenvalue weighted by Gasteiger charge is 2.31. The van der Waals surface area contributed by atoms with Crippen molar-refractivity contribution in [2.24, 2.45) is 0 Å². The van der Waals surface area contributed by atoms with Gasteiger partial charge < -0.3 is 20.1 Å². The third-order valence-electron chi connectivity index (χ3n) is 4.74. The number of nitrogens with one attached hydrogen (secondary N) is 2. The van der Waals surface area contributed by atoms with Gasteiger partial charge in [0.2, 0.25) is 0 Å². The maximum Gasteiger partial charge on any atom is 0.573 e. The fraction of sp³-hybridized carbons (Fsp3) is 0.421. The van der Waals surface area contributed by atoms with Gasteiger partial charge in [0, 0.05) is 12.0 Å². The van der Waals surface area contributed by atoms with Gasteiger partial charge in [0.05, 0.1) is 12.6 Å². The molecule has 0 bridgehead atoms. The van der Waals surface area contributed by atoms with E-state index in [4.69, 9.17) is 0 Å². The number of H-pyrrole nitrogens is 1. The van der Waals surface area contributed by atoms with Crippen LogP contribution in [0.1, 0.15) is 59.5 Å². The Morgan fingerprint density at radius 2 is 1.93 bits per heavy atom. The number of nitrogens with zero attached hydrogens (tertiary/aromatic N) is 1. The third-order valence-corrected chi connectivity index (χ3v) is 4.74. The van der Waals surface area contributed by atoms with Crippen LogP contribution in [0.4, 0.5) is 13.2 Å². The molecular formula is C19H20F3N3O4. The number of aromatic amines is 1. The summed E-state index contributed by atoms with van der Waals surface area (Å²) in [6, 6.07) is 4.96. The molecule has 1 fully saturated rings. The summed E-state index contributed by atoms with van der Waals surface area (Å²) in [4.78, 5) is 31.4. The van der Waals surface area contributed by atoms with Crippen molar-refractivity contribution in [1.82, 2.24) is 15.3 Å². The molecule has 1 unspecified atom stereocenters. The average molecular weight is 411 g/mol. The third kappa shape index (κ3) is 5.57. The monoisotopic (exact) mass is 411 g/mol. The number of halogens is 3. The van der Waals surface area contributed by atoms with E-state index in [-0.39, 0.29) is 11.6 Å². The molecule has 0 aliphatic heterocycles. The number of ether oxygens (including phenoxy) is 1. The minimum Gasteiger partial charge on any atom is -0.406 e. The number of aliphatic hydroxyl groups excluding tert-OH is 1. The highest BCUT2D eigenvalue weighted by atomic mass is 19.4. The van der Waals surface area contributed by atoms with Gasteiger partial charge >= 0.3 is 6.36 Å². The van der Waals surface area contributed by atoms with Gasteiger partial charge in [0.25, 0.3) is 11.5 Å². The summed E-state index contributed by atoms with van der Waals surface area (Å²) in [5.41, 5.74) is -0.149. The van der Waals surface area contributed by atoms with Gasteiger partial charge in [-0.15, -0.1) is 13.2 Å². The minimum absolute atomic E-state index is 0.0777. The number of carbonyl (C=O) groups is 1. The molecule has 1 aliphatic carbocycles. The lowest BCUT2D eigenvalue weighted by Crippen LogP contribution is -2.32. The molecule has 1 heterocycles. The van der Waals surface area contributed by atoms with Gasteiger partial charge in [-0.1, -0.05) is 25.0 Å². The summed E-state index contributed by atoms with van der Waals surface area (Å²) < 4.78 is 40.5. The van der Waals surface area contributed by atoms with Crippen molar-refractivity contribution in [3.63, 3.8) is 0 Å². The standard InChI is InChI=1S/C19H20F3N3O4/c20-19(21,22)29-13-7-5-11(6-8-13)15(10-26)24-18(28)14-9-16(27)25-17(23-14)12-3-1-2-4-12/h5-9,12,15,26H,1-4,10H2,(H,24,28)(H,23,25,27). The second-order valence-corrected chi connectivity index (χ2v) is 6.82. The predicted molar refractivity (Wildman–Crippen MR) is 96.5 cm³/mol. The molecule has 1 aromatic heterocycles. The smallest absolute Gasteiger partial charge is 0.406 e. The maximum absolute atomic E-state index is 12.6. The second-order valence-electron chi connectivity index (χ2n) is 6.82. The summed E-state index contributed by atoms with van der Waals surface area (Å²) in [6.07, 6.45) is -0.967. The lowest BCUT2D eigenvalue weighted by molar-refractivity contribution is -0.274. The normalized spacial score (nSPS) is 15.9. The van der Waals surface area contributed by atoms with Crippen molar-refractivity contribution in [1.29, 1.82) is 0 Å². The zero-order chi connectivity index (χ0) is 21.0. The number of carbonyl (C=O) groups excluding carboxylic acids is 1. The number of alkyl halides is 3. The van der Waals surface area contributed by atoms with Gasteiger partial charge in [-0.05, 0) is 30.5 Å². The molecule has 1 aromatic carbocycles. The van der Waals surface area contributed by atoms with Crippen molar-refractivity contribution in [3.05, 3.63) is 57.8 Å². The van der Waals surface area contributed by atoms with E-state index in [0.29, 0.717) is 11.4 Å². The molecule has 0 radical (unpaired) electrons. The van der Waals surface area contributed by atoms with Crippen molar-refractivity contribution in [2.45, 2.75) is 44.0 Å². The molecule has 156 valence electrons. The van der Waals surface area contributed by atoms with Crippen LogP contribution in [0.5, 0.6) is 5.75 Å². The van der Waals surface area contributed by atoms with Crippen LogP contribution in [-0.4, -0.2) is 34.0 Å². The van der Waals surface area contributed by atoms with Gasteiger partial charge in [0.1, 0.15) is 17.3 Å². The molecule has 1 aliphatic rings. The van der Waals surface area contributed by atoms with E-state index in [1.807, 2.05) is 0 Å². The molecule has 3 rings (SSSR count). The SMILES string of the molecule is O=C(NC(CO)c1ccc(OC(F)(F)F)cc1)c1cc(=O)[nH]c(C2CCCC2)n1. The first-order valence-corrected chi connectivity index (χ1v) is 9.14. The fourth-order valence-electron chi connectivity index (χ4n) is 3.35. The number of aromatic nitrogens is 2. The van der Waals surface area contributed by atoms with E-state index in [9.17, 15) is 27.9 Å². The number of amides is 1. The molecule has 1 saturated carbocycles. The predicted octanol–water partition coefficient (Wildman–Crippen LogP) is 2.79. The Morgan fingerprint density at radius 1 is 1.28 bits per heavy atom. The molecule has 1 atom stereocenters. The quantitative estimate of drug-likeness (QED) is 0.678. The Hall–Kier alpha value is -2.88. The van der Waals surface area contributed by atoms with Gasteiger partial charge in [-0.25, -0.2) is 4.98 Å². The van der Waals surface area contributed by atoms with E-state index in [1.54, 1.807) is 0 Å². The summed E-state index contributed by atoms with van der Waals surface area (Å²) in [5, 5.41) is 12.1. The topological polar surface area (TPSA) is 104 Å². The van der Waals surface area contributed by atoms with Crippen LogP contribution in [-0.2, 0) is 0 Å². The van der Waals surface area contributed by atoms with Gasteiger partial charge in [-0.2, -0.15) is 0 Å². The lowest BCUT2D eigenvalue weighted by Gasteiger charge is -2.18. The minimum atomic E-state index is -4.81. The van der Waals surface area contributed by atoms with Gasteiger partial charge in [0.15, 0.2) is 0 Å². The first-order valence-electron chi connectivity index (χ1n) is 9.14. The number of hydrogen-bond acceptors (Lipinski definition) is 5. The maximum atomic E-state index is 12.6. The van der Waals surface area contributed by atoms with E-state index < -0.39 is 36.2 Å². The van der Waals surface area contributed by atoms with Crippen molar-refractivity contribution in [2.75, 3.05) is 6.61 Å². The number of benzene rings is 1. The van der Waals surface area contributed by atoms with Gasteiger partial charge in [-0.3, -0.25) is 9.59 Å². The van der Waals surface area contributed by atoms with Crippen molar-refractivity contribution < 1.29 is 27.8 Å². The molecule has 29 heavy (non-hydrogen) atoms. The number of rotatable bonds is 6. The van der Waals surface area contributed by atoms with Crippen LogP contribution in [0.3, 0.4) is 0 Å². The van der Waals surface area contributed by atoms with Crippen LogP contribution in [0.25, 0.3) is 0 Å². The Kier molecular flexibility index (Phi) is 6.21. The first kappa shape index (κ1) is 20.8. The summed E-state index contributed by atoms with van der Waals surface area (Å²) in [5.74, 6) is -0.508. The summed E-state index contributed by atoms with van der Waals surface area (Å²) in [6.45, 7) is -0.496. The lowest BCUT2D eigenvalue weighted by atomic mass is 10.1. The Morgan fingerprint density at radius 3 is 2.52 bits per heavy atom. The summed E-state index contributed by atoms with van der Waals surface area (Å²) >= 11 is 0. The molecule has 3 N–H and O–H groups in total. The number of hydrogen-bond donors (Lipinski definition) is 3. The van der Waals surface area contributed by atoms with Crippen LogP contribution in [0, 0.1) is 0 Å². The van der Waals surface area contributed by atoms with Crippen LogP contribution >= 0.6 is 0 Å². The Balaban J connectivity index is 1.74. The molecule has 0 spiro atoms. The number of aliphatic hydroxyl groups is 1. The van der Waals surface area contributed by atoms with E-state index >= 15 is 0 Å². The van der Waals surface area contributed by atoms with Crippen LogP contribution in [0.15, 0.2) is 35.1 Å². The van der Waals surface area contributed by atoms with E-state index in [1.165, 1.54) is 12.1 Å². The summed E-state index contributed by atoms with van der Waals surface area (Å²) in [7, 11) is 0. The van der Waals surface area contributed by atoms with E-state index in [0.717, 1.165) is 43.9 Å². The zero-order valence-electron chi connectivity index (χ0n) is 15.3. The average Bonchev–Trinajstić information content (AvgIpc) is 3.20. The van der Waals surface area contributed by atoms with Crippen molar-refractivity contribution >= 4 is 5.91 Å². The molecule has 1 amide bonds. The highest BCUT2D eigenvalue weighted by Crippen LogP contribution is 2.31.